The van der Waals surface area contributed by atoms with E-state index >= 15 is 0 Å². The van der Waals surface area contributed by atoms with Crippen LogP contribution in [0.5, 0.6) is 0 Å². The zero-order valence-corrected chi connectivity index (χ0v) is 13.1. The second-order valence-corrected chi connectivity index (χ2v) is 7.12. The third-order valence-corrected chi connectivity index (χ3v) is 3.16. The minimum absolute atomic E-state index is 0.130. The summed E-state index contributed by atoms with van der Waals surface area (Å²) >= 11 is 0. The summed E-state index contributed by atoms with van der Waals surface area (Å²) in [5, 5.41) is 16.7. The first kappa shape index (κ1) is 14.6. The van der Waals surface area contributed by atoms with Gasteiger partial charge in [-0.1, -0.05) is 65.8 Å². The topological polar surface area (TPSA) is 51.6 Å². The van der Waals surface area contributed by atoms with Crippen LogP contribution in [-0.4, -0.2) is 20.4 Å². The fraction of sp³-hybridized carbons (Fsp3) is 0.500. The van der Waals surface area contributed by atoms with Crippen LogP contribution in [0.3, 0.4) is 0 Å². The van der Waals surface area contributed by atoms with Crippen LogP contribution < -0.4 is 0 Å². The summed E-state index contributed by atoms with van der Waals surface area (Å²) in [6.45, 7) is 12.7. The molecule has 1 aromatic heterocycles. The van der Waals surface area contributed by atoms with Gasteiger partial charge in [0.05, 0.1) is 0 Å². The van der Waals surface area contributed by atoms with E-state index in [2.05, 4.69) is 53.3 Å². The van der Waals surface area contributed by atoms with Crippen LogP contribution in [0.25, 0.3) is 11.4 Å². The van der Waals surface area contributed by atoms with E-state index in [0.29, 0.717) is 11.6 Å². The van der Waals surface area contributed by atoms with Gasteiger partial charge in [-0.05, 0) is 11.0 Å². The van der Waals surface area contributed by atoms with Crippen molar-refractivity contribution in [1.29, 1.82) is 0 Å². The van der Waals surface area contributed by atoms with Gasteiger partial charge in [0.25, 0.3) is 0 Å². The lowest BCUT2D eigenvalue weighted by atomic mass is 9.87. The predicted octanol–water partition coefficient (Wildman–Crippen LogP) is 3.53. The Hall–Kier alpha value is -1.84. The Kier molecular flexibility index (Phi) is 3.59. The van der Waals surface area contributed by atoms with Crippen molar-refractivity contribution in [3.63, 3.8) is 0 Å². The summed E-state index contributed by atoms with van der Waals surface area (Å²) in [7, 11) is 0. The molecule has 0 saturated heterocycles. The van der Waals surface area contributed by atoms with Crippen LogP contribution in [0.1, 0.15) is 52.9 Å². The van der Waals surface area contributed by atoms with Crippen LogP contribution in [0.4, 0.5) is 0 Å². The second-order valence-electron chi connectivity index (χ2n) is 7.12. The summed E-state index contributed by atoms with van der Waals surface area (Å²) < 4.78 is 0. The number of aromatic nitrogens is 4. The van der Waals surface area contributed by atoms with Crippen molar-refractivity contribution >= 4 is 0 Å². The number of benzene rings is 1. The molecule has 0 aliphatic heterocycles. The molecule has 0 atom stereocenters. The van der Waals surface area contributed by atoms with E-state index in [1.165, 1.54) is 5.56 Å². The van der Waals surface area contributed by atoms with Gasteiger partial charge in [-0.2, -0.15) is 0 Å². The number of hydrogen-bond donors (Lipinski definition) is 0. The Balaban J connectivity index is 2.29. The molecule has 0 fully saturated rings. The van der Waals surface area contributed by atoms with Gasteiger partial charge in [-0.25, -0.2) is 0 Å². The minimum atomic E-state index is -0.130. The smallest absolute Gasteiger partial charge is 0.131 e. The third kappa shape index (κ3) is 3.18. The molecule has 1 heterocycles. The van der Waals surface area contributed by atoms with E-state index in [4.69, 9.17) is 0 Å². The normalized spacial score (nSPS) is 12.5. The van der Waals surface area contributed by atoms with E-state index in [9.17, 15) is 0 Å². The van der Waals surface area contributed by atoms with Crippen molar-refractivity contribution in [3.8, 4) is 11.4 Å². The van der Waals surface area contributed by atoms with Crippen LogP contribution in [0.2, 0.25) is 0 Å². The largest absolute Gasteiger partial charge is 0.203 e. The molecule has 4 heteroatoms. The highest BCUT2D eigenvalue weighted by Crippen LogP contribution is 2.24. The number of nitrogens with zero attached hydrogens (tertiary/aromatic N) is 4. The lowest BCUT2D eigenvalue weighted by Crippen LogP contribution is -2.18. The van der Waals surface area contributed by atoms with Crippen LogP contribution in [0, 0.1) is 0 Å². The van der Waals surface area contributed by atoms with Crippen molar-refractivity contribution in [3.05, 3.63) is 35.7 Å². The Bertz CT molecular complexity index is 516. The molecule has 106 valence electrons. The van der Waals surface area contributed by atoms with Crippen molar-refractivity contribution in [1.82, 2.24) is 20.4 Å². The first-order valence-corrected chi connectivity index (χ1v) is 6.87. The molecule has 4 nitrogen and oxygen atoms in total. The molecule has 2 aromatic rings. The summed E-state index contributed by atoms with van der Waals surface area (Å²) in [6, 6.07) is 8.26. The zero-order valence-electron chi connectivity index (χ0n) is 13.1. The highest BCUT2D eigenvalue weighted by atomic mass is 15.3. The molecule has 0 N–H and O–H groups in total. The Morgan fingerprint density at radius 1 is 0.650 bits per heavy atom. The van der Waals surface area contributed by atoms with E-state index < -0.39 is 0 Å². The van der Waals surface area contributed by atoms with E-state index in [1.54, 1.807) is 0 Å². The van der Waals surface area contributed by atoms with Crippen molar-refractivity contribution in [2.45, 2.75) is 52.4 Å². The maximum atomic E-state index is 4.18. The highest BCUT2D eigenvalue weighted by Gasteiger charge is 2.19. The van der Waals surface area contributed by atoms with Gasteiger partial charge in [0.1, 0.15) is 0 Å². The summed E-state index contributed by atoms with van der Waals surface area (Å²) in [5.41, 5.74) is 2.24. The minimum Gasteiger partial charge on any atom is -0.131 e. The average molecular weight is 270 g/mol. The zero-order chi connectivity index (χ0) is 15.0. The van der Waals surface area contributed by atoms with E-state index in [0.717, 1.165) is 5.56 Å². The molecule has 2 rings (SSSR count). The molecular formula is C16H22N4. The van der Waals surface area contributed by atoms with Crippen LogP contribution >= 0.6 is 0 Å². The Morgan fingerprint density at radius 3 is 1.55 bits per heavy atom. The molecule has 20 heavy (non-hydrogen) atoms. The molecule has 0 spiro atoms. The van der Waals surface area contributed by atoms with Crippen molar-refractivity contribution in [2.24, 2.45) is 0 Å². The van der Waals surface area contributed by atoms with Gasteiger partial charge in [-0.3, -0.25) is 0 Å². The van der Waals surface area contributed by atoms with Gasteiger partial charge in [0.2, 0.25) is 5.82 Å². The molecule has 0 saturated carbocycles. The van der Waals surface area contributed by atoms with Gasteiger partial charge < -0.3 is 0 Å². The lowest BCUT2D eigenvalue weighted by Gasteiger charge is -2.19. The number of rotatable bonds is 1. The Morgan fingerprint density at radius 2 is 1.15 bits per heavy atom. The standard InChI is InChI=1S/C16H22N4/c1-15(2,3)12-9-7-11(8-10-12)13-17-19-14(20-18-13)16(4,5)6/h7-10H,1-6H3. The van der Waals surface area contributed by atoms with Crippen LogP contribution in [0.15, 0.2) is 24.3 Å². The first-order valence-electron chi connectivity index (χ1n) is 6.87. The summed E-state index contributed by atoms with van der Waals surface area (Å²) in [6.07, 6.45) is 0. The molecule has 0 unspecified atom stereocenters. The van der Waals surface area contributed by atoms with Crippen LogP contribution in [-0.2, 0) is 10.8 Å². The van der Waals surface area contributed by atoms with E-state index in [1.807, 2.05) is 32.9 Å². The Labute approximate surface area is 120 Å². The molecule has 1 aromatic carbocycles. The van der Waals surface area contributed by atoms with Gasteiger partial charge in [0, 0.05) is 11.0 Å². The number of hydrogen-bond acceptors (Lipinski definition) is 4. The molecular weight excluding hydrogens is 248 g/mol. The fourth-order valence-electron chi connectivity index (χ4n) is 1.76. The summed E-state index contributed by atoms with van der Waals surface area (Å²) in [4.78, 5) is 0. The van der Waals surface area contributed by atoms with Crippen molar-refractivity contribution < 1.29 is 0 Å². The van der Waals surface area contributed by atoms with Gasteiger partial charge in [0.15, 0.2) is 5.82 Å². The predicted molar refractivity (Wildman–Crippen MR) is 80.5 cm³/mol. The highest BCUT2D eigenvalue weighted by molar-refractivity contribution is 5.54. The average Bonchev–Trinajstić information content (AvgIpc) is 2.37. The lowest BCUT2D eigenvalue weighted by molar-refractivity contribution is 0.519. The second kappa shape index (κ2) is 4.93. The third-order valence-electron chi connectivity index (χ3n) is 3.16. The molecule has 0 radical (unpaired) electrons. The van der Waals surface area contributed by atoms with Gasteiger partial charge in [-0.15, -0.1) is 20.4 Å². The maximum Gasteiger partial charge on any atom is 0.203 e. The SMILES string of the molecule is CC(C)(C)c1ccc(-c2nnc(C(C)(C)C)nn2)cc1. The van der Waals surface area contributed by atoms with Gasteiger partial charge >= 0.3 is 0 Å². The molecule has 0 aliphatic rings. The molecule has 0 bridgehead atoms. The van der Waals surface area contributed by atoms with Crippen molar-refractivity contribution in [2.75, 3.05) is 0 Å². The quantitative estimate of drug-likeness (QED) is 0.795. The molecule has 0 amide bonds. The molecule has 0 aliphatic carbocycles. The fourth-order valence-corrected chi connectivity index (χ4v) is 1.76. The monoisotopic (exact) mass is 270 g/mol. The maximum absolute atomic E-state index is 4.18. The first-order chi connectivity index (χ1) is 9.18. The summed E-state index contributed by atoms with van der Waals surface area (Å²) in [5.74, 6) is 1.23. The van der Waals surface area contributed by atoms with E-state index in [-0.39, 0.29) is 10.8 Å².